The van der Waals surface area contributed by atoms with Crippen LogP contribution in [0.1, 0.15) is 18.4 Å². The molecule has 1 N–H and O–H groups in total. The highest BCUT2D eigenvalue weighted by atomic mass is 16.5. The largest absolute Gasteiger partial charge is 0.496 e. The van der Waals surface area contributed by atoms with Crippen LogP contribution in [0.3, 0.4) is 0 Å². The topological polar surface area (TPSA) is 71.9 Å². The normalized spacial score (nSPS) is 18.1. The molecule has 2 aliphatic heterocycles. The highest BCUT2D eigenvalue weighted by molar-refractivity contribution is 5.95. The molecule has 3 aromatic rings. The molecule has 0 radical (unpaired) electrons. The first-order chi connectivity index (χ1) is 17.1. The van der Waals surface area contributed by atoms with Crippen molar-refractivity contribution in [3.63, 3.8) is 0 Å². The number of nitrogens with zero attached hydrogens (tertiary/aromatic N) is 4. The van der Waals surface area contributed by atoms with Gasteiger partial charge in [-0.2, -0.15) is 0 Å². The van der Waals surface area contributed by atoms with Crippen molar-refractivity contribution >= 4 is 10.8 Å². The molecule has 0 amide bonds. The fraction of sp³-hybridized carbons (Fsp3) is 0.481. The van der Waals surface area contributed by atoms with Crippen molar-refractivity contribution in [3.05, 3.63) is 52.7 Å². The van der Waals surface area contributed by atoms with Crippen LogP contribution in [-0.4, -0.2) is 78.9 Å². The average molecular weight is 478 g/mol. The van der Waals surface area contributed by atoms with Gasteiger partial charge in [0.1, 0.15) is 11.5 Å². The number of ether oxygens (including phenoxy) is 2. The van der Waals surface area contributed by atoms with Gasteiger partial charge in [0.05, 0.1) is 25.2 Å². The Morgan fingerprint density at radius 1 is 1.03 bits per heavy atom. The van der Waals surface area contributed by atoms with Crippen LogP contribution in [0.2, 0.25) is 0 Å². The van der Waals surface area contributed by atoms with E-state index >= 15 is 0 Å². The molecule has 0 unspecified atom stereocenters. The Labute approximate surface area is 206 Å². The Bertz CT molecular complexity index is 1220. The number of rotatable bonds is 6. The number of fused-ring (bicyclic) bond motifs is 1. The van der Waals surface area contributed by atoms with Gasteiger partial charge >= 0.3 is 0 Å². The third kappa shape index (κ3) is 4.78. The lowest BCUT2D eigenvalue weighted by molar-refractivity contribution is 0.0776. The maximum absolute atomic E-state index is 12.6. The number of piperazine rings is 1. The van der Waals surface area contributed by atoms with Gasteiger partial charge in [0.2, 0.25) is 0 Å². The van der Waals surface area contributed by atoms with E-state index in [0.717, 1.165) is 79.4 Å². The molecule has 186 valence electrons. The summed E-state index contributed by atoms with van der Waals surface area (Å²) in [6.07, 6.45) is 7.72. The number of hydrogen-bond acceptors (Lipinski definition) is 7. The van der Waals surface area contributed by atoms with Crippen molar-refractivity contribution in [1.29, 1.82) is 0 Å². The molecule has 2 aliphatic rings. The summed E-state index contributed by atoms with van der Waals surface area (Å²) in [4.78, 5) is 21.9. The number of methoxy groups -OCH3 is 2. The first kappa shape index (κ1) is 23.8. The Balaban J connectivity index is 1.42. The summed E-state index contributed by atoms with van der Waals surface area (Å²) >= 11 is 0. The van der Waals surface area contributed by atoms with Crippen LogP contribution < -0.4 is 20.3 Å². The van der Waals surface area contributed by atoms with Crippen LogP contribution in [0.4, 0.5) is 0 Å². The van der Waals surface area contributed by atoms with E-state index in [0.29, 0.717) is 11.4 Å². The minimum Gasteiger partial charge on any atom is -0.496 e. The van der Waals surface area contributed by atoms with Gasteiger partial charge in [-0.3, -0.25) is 19.6 Å². The maximum atomic E-state index is 12.6. The van der Waals surface area contributed by atoms with Gasteiger partial charge in [-0.05, 0) is 55.1 Å². The third-order valence-corrected chi connectivity index (χ3v) is 7.52. The summed E-state index contributed by atoms with van der Waals surface area (Å²) in [5.74, 6) is 1.60. The fourth-order valence-electron chi connectivity index (χ4n) is 5.52. The smallest absolute Gasteiger partial charge is 0.259 e. The molecule has 5 rings (SSSR count). The number of benzene rings is 1. The number of aromatic nitrogens is 2. The first-order valence-electron chi connectivity index (χ1n) is 12.4. The van der Waals surface area contributed by atoms with E-state index in [1.165, 1.54) is 12.8 Å². The Morgan fingerprint density at radius 2 is 1.71 bits per heavy atom. The van der Waals surface area contributed by atoms with E-state index in [1.54, 1.807) is 38.2 Å². The summed E-state index contributed by atoms with van der Waals surface area (Å²) in [7, 11) is 5.18. The minimum absolute atomic E-state index is 0.0592. The summed E-state index contributed by atoms with van der Waals surface area (Å²) < 4.78 is 13.3. The second-order valence-corrected chi connectivity index (χ2v) is 9.53. The van der Waals surface area contributed by atoms with Gasteiger partial charge in [0.15, 0.2) is 0 Å². The molecular formula is C27H35N5O3. The standard InChI is InChI=1S/C27H35N5O3/c1-30-17-23(21-6-9-29-16-22(21)27(30)33)19-14-25(34-2)24(26(15-19)35-3)18-31-10-12-32(13-11-31)20-4-7-28-8-5-20/h6,9,14-17,20,28H,4-5,7-8,10-13,18H2,1-3H3. The number of hydrogen-bond donors (Lipinski definition) is 1. The van der Waals surface area contributed by atoms with Crippen LogP contribution in [0, 0.1) is 0 Å². The first-order valence-corrected chi connectivity index (χ1v) is 12.4. The fourth-order valence-corrected chi connectivity index (χ4v) is 5.52. The number of nitrogens with one attached hydrogen (secondary N) is 1. The molecule has 0 spiro atoms. The van der Waals surface area contributed by atoms with E-state index in [2.05, 4.69) is 32.2 Å². The third-order valence-electron chi connectivity index (χ3n) is 7.52. The summed E-state index contributed by atoms with van der Waals surface area (Å²) in [6, 6.07) is 6.72. The highest BCUT2D eigenvalue weighted by Crippen LogP contribution is 2.38. The molecule has 8 heteroatoms. The molecule has 0 atom stereocenters. The average Bonchev–Trinajstić information content (AvgIpc) is 2.91. The second kappa shape index (κ2) is 10.4. The lowest BCUT2D eigenvalue weighted by Gasteiger charge is -2.41. The molecule has 2 saturated heterocycles. The number of aryl methyl sites for hydroxylation is 1. The van der Waals surface area contributed by atoms with Crippen molar-refractivity contribution < 1.29 is 9.47 Å². The molecule has 1 aromatic carbocycles. The SMILES string of the molecule is COc1cc(-c2cn(C)c(=O)c3cnccc23)cc(OC)c1CN1CCN(C2CCNCC2)CC1. The second-order valence-electron chi connectivity index (χ2n) is 9.53. The Kier molecular flexibility index (Phi) is 7.04. The van der Waals surface area contributed by atoms with Gasteiger partial charge in [-0.25, -0.2) is 0 Å². The quantitative estimate of drug-likeness (QED) is 0.585. The van der Waals surface area contributed by atoms with Gasteiger partial charge in [0.25, 0.3) is 5.56 Å². The monoisotopic (exact) mass is 477 g/mol. The highest BCUT2D eigenvalue weighted by Gasteiger charge is 2.26. The van der Waals surface area contributed by atoms with E-state index in [1.807, 2.05) is 12.3 Å². The maximum Gasteiger partial charge on any atom is 0.259 e. The van der Waals surface area contributed by atoms with Gasteiger partial charge in [-0.1, -0.05) is 0 Å². The zero-order valence-corrected chi connectivity index (χ0v) is 20.9. The zero-order valence-electron chi connectivity index (χ0n) is 20.9. The summed E-state index contributed by atoms with van der Waals surface area (Å²) in [6.45, 7) is 7.33. The van der Waals surface area contributed by atoms with Crippen LogP contribution in [-0.2, 0) is 13.6 Å². The molecular weight excluding hydrogens is 442 g/mol. The van der Waals surface area contributed by atoms with E-state index in [4.69, 9.17) is 9.47 Å². The Hall–Kier alpha value is -2.94. The molecule has 2 fully saturated rings. The summed E-state index contributed by atoms with van der Waals surface area (Å²) in [5, 5.41) is 4.94. The van der Waals surface area contributed by atoms with E-state index in [-0.39, 0.29) is 5.56 Å². The van der Waals surface area contributed by atoms with E-state index < -0.39 is 0 Å². The van der Waals surface area contributed by atoms with Gasteiger partial charge in [0, 0.05) is 70.0 Å². The number of pyridine rings is 2. The molecule has 35 heavy (non-hydrogen) atoms. The molecule has 0 aliphatic carbocycles. The molecule has 4 heterocycles. The van der Waals surface area contributed by atoms with Crippen molar-refractivity contribution in [2.75, 3.05) is 53.5 Å². The van der Waals surface area contributed by atoms with Gasteiger partial charge < -0.3 is 19.4 Å². The predicted molar refractivity (Wildman–Crippen MR) is 138 cm³/mol. The molecule has 0 bridgehead atoms. The predicted octanol–water partition coefficient (Wildman–Crippen LogP) is 2.49. The van der Waals surface area contributed by atoms with Crippen LogP contribution >= 0.6 is 0 Å². The molecule has 8 nitrogen and oxygen atoms in total. The lowest BCUT2D eigenvalue weighted by Crippen LogP contribution is -2.52. The van der Waals surface area contributed by atoms with Crippen LogP contribution in [0.15, 0.2) is 41.6 Å². The minimum atomic E-state index is -0.0592. The molecule has 2 aromatic heterocycles. The van der Waals surface area contributed by atoms with Crippen molar-refractivity contribution in [1.82, 2.24) is 24.7 Å². The summed E-state index contributed by atoms with van der Waals surface area (Å²) in [5.41, 5.74) is 2.90. The van der Waals surface area contributed by atoms with Crippen molar-refractivity contribution in [2.45, 2.75) is 25.4 Å². The molecule has 0 saturated carbocycles. The Morgan fingerprint density at radius 3 is 2.37 bits per heavy atom. The van der Waals surface area contributed by atoms with Crippen molar-refractivity contribution in [2.24, 2.45) is 7.05 Å². The lowest BCUT2D eigenvalue weighted by atomic mass is 9.98. The van der Waals surface area contributed by atoms with Crippen LogP contribution in [0.5, 0.6) is 11.5 Å². The van der Waals surface area contributed by atoms with Crippen LogP contribution in [0.25, 0.3) is 21.9 Å². The van der Waals surface area contributed by atoms with Crippen molar-refractivity contribution in [3.8, 4) is 22.6 Å². The number of piperidine rings is 1. The zero-order chi connectivity index (χ0) is 24.4. The van der Waals surface area contributed by atoms with Gasteiger partial charge in [-0.15, -0.1) is 0 Å². The van der Waals surface area contributed by atoms with E-state index in [9.17, 15) is 4.79 Å².